The highest BCUT2D eigenvalue weighted by atomic mass is 19.4. The summed E-state index contributed by atoms with van der Waals surface area (Å²) in [4.78, 5) is 20.9. The van der Waals surface area contributed by atoms with Gasteiger partial charge in [0.15, 0.2) is 0 Å². The zero-order valence-electron chi connectivity index (χ0n) is 18.7. The van der Waals surface area contributed by atoms with Crippen LogP contribution in [0.2, 0.25) is 0 Å². The van der Waals surface area contributed by atoms with Crippen molar-refractivity contribution in [1.82, 2.24) is 0 Å². The van der Waals surface area contributed by atoms with Gasteiger partial charge in [-0.2, -0.15) is 26.3 Å². The Morgan fingerprint density at radius 3 is 1.65 bits per heavy atom. The number of benzene rings is 3. The van der Waals surface area contributed by atoms with E-state index in [1.807, 2.05) is 6.07 Å². The van der Waals surface area contributed by atoms with Crippen LogP contribution in [0.1, 0.15) is 27.8 Å². The standard InChI is InChI=1S/C16H13F3O3.C9H6F4O2/c17-16(18,19)13-6-12(8-15(20)21)7-14(9-13)22-10-11-4-2-1-3-5-11;10-7-2-5(3-8(14)15)1-6(4-7)9(11,12)13/h1-7,9H,8,10H2,(H,20,21);1-2,4H,3H2,(H,14,15). The highest BCUT2D eigenvalue weighted by Crippen LogP contribution is 2.33. The molecule has 0 saturated carbocycles. The molecule has 0 spiro atoms. The summed E-state index contributed by atoms with van der Waals surface area (Å²) < 4.78 is 93.1. The fourth-order valence-electron chi connectivity index (χ4n) is 3.02. The molecule has 3 rings (SSSR count). The molecule has 0 atom stereocenters. The van der Waals surface area contributed by atoms with Gasteiger partial charge in [0.1, 0.15) is 18.2 Å². The van der Waals surface area contributed by atoms with Gasteiger partial charge in [-0.05, 0) is 53.1 Å². The van der Waals surface area contributed by atoms with Crippen molar-refractivity contribution in [3.8, 4) is 5.75 Å². The monoisotopic (exact) mass is 532 g/mol. The minimum Gasteiger partial charge on any atom is -0.489 e. The van der Waals surface area contributed by atoms with Gasteiger partial charge in [0, 0.05) is 0 Å². The van der Waals surface area contributed by atoms with E-state index in [-0.39, 0.29) is 23.5 Å². The van der Waals surface area contributed by atoms with Gasteiger partial charge >= 0.3 is 24.3 Å². The van der Waals surface area contributed by atoms with Crippen LogP contribution in [0.15, 0.2) is 66.7 Å². The Hall–Kier alpha value is -4.09. The average Bonchev–Trinajstić information content (AvgIpc) is 2.76. The predicted octanol–water partition coefficient (Wildman–Crippen LogP) is 6.38. The third kappa shape index (κ3) is 10.2. The summed E-state index contributed by atoms with van der Waals surface area (Å²) in [7, 11) is 0. The highest BCUT2D eigenvalue weighted by molar-refractivity contribution is 5.70. The third-order valence-corrected chi connectivity index (χ3v) is 4.54. The second-order valence-corrected chi connectivity index (χ2v) is 7.62. The van der Waals surface area contributed by atoms with E-state index >= 15 is 0 Å². The van der Waals surface area contributed by atoms with Crippen molar-refractivity contribution >= 4 is 11.9 Å². The Kier molecular flexibility index (Phi) is 9.64. The van der Waals surface area contributed by atoms with Crippen LogP contribution >= 0.6 is 0 Å². The van der Waals surface area contributed by atoms with E-state index in [9.17, 15) is 40.3 Å². The molecule has 0 bridgehead atoms. The van der Waals surface area contributed by atoms with E-state index < -0.39 is 54.1 Å². The SMILES string of the molecule is O=C(O)Cc1cc(F)cc(C(F)(F)F)c1.O=C(O)Cc1cc(OCc2ccccc2)cc(C(F)(F)F)c1. The first-order chi connectivity index (χ1) is 17.1. The molecule has 0 aliphatic heterocycles. The van der Waals surface area contributed by atoms with Gasteiger partial charge in [0.25, 0.3) is 0 Å². The Morgan fingerprint density at radius 2 is 1.16 bits per heavy atom. The van der Waals surface area contributed by atoms with E-state index in [1.54, 1.807) is 24.3 Å². The molecular formula is C25H19F7O5. The largest absolute Gasteiger partial charge is 0.489 e. The number of carboxylic acids is 2. The summed E-state index contributed by atoms with van der Waals surface area (Å²) in [5.41, 5.74) is -1.46. The van der Waals surface area contributed by atoms with Gasteiger partial charge in [0.05, 0.1) is 24.0 Å². The minimum absolute atomic E-state index is 0.00470. The quantitative estimate of drug-likeness (QED) is 0.345. The lowest BCUT2D eigenvalue weighted by molar-refractivity contribution is -0.139. The molecule has 0 aliphatic rings. The number of hydrogen-bond acceptors (Lipinski definition) is 3. The van der Waals surface area contributed by atoms with E-state index in [0.29, 0.717) is 12.1 Å². The number of halogens is 7. The second-order valence-electron chi connectivity index (χ2n) is 7.62. The lowest BCUT2D eigenvalue weighted by Gasteiger charge is -2.12. The maximum Gasteiger partial charge on any atom is 0.416 e. The van der Waals surface area contributed by atoms with E-state index in [2.05, 4.69) is 0 Å². The maximum atomic E-state index is 12.8. The number of hydrogen-bond donors (Lipinski definition) is 2. The number of carbonyl (C=O) groups is 2. The molecule has 0 aromatic heterocycles. The molecule has 12 heteroatoms. The molecule has 198 valence electrons. The first-order valence-corrected chi connectivity index (χ1v) is 10.3. The van der Waals surface area contributed by atoms with Crippen LogP contribution in [0.5, 0.6) is 5.75 Å². The van der Waals surface area contributed by atoms with Gasteiger partial charge in [-0.15, -0.1) is 0 Å². The van der Waals surface area contributed by atoms with Crippen LogP contribution in [-0.4, -0.2) is 22.2 Å². The van der Waals surface area contributed by atoms with Crippen LogP contribution < -0.4 is 4.74 Å². The lowest BCUT2D eigenvalue weighted by atomic mass is 10.1. The van der Waals surface area contributed by atoms with Crippen LogP contribution in [0.3, 0.4) is 0 Å². The summed E-state index contributed by atoms with van der Waals surface area (Å²) in [5, 5.41) is 17.1. The molecule has 3 aromatic carbocycles. The number of ether oxygens (including phenoxy) is 1. The molecular weight excluding hydrogens is 513 g/mol. The molecule has 0 heterocycles. The van der Waals surface area contributed by atoms with Gasteiger partial charge in [-0.25, -0.2) is 4.39 Å². The summed E-state index contributed by atoms with van der Waals surface area (Å²) in [6.07, 6.45) is -10.4. The minimum atomic E-state index is -4.67. The van der Waals surface area contributed by atoms with Crippen molar-refractivity contribution in [1.29, 1.82) is 0 Å². The lowest BCUT2D eigenvalue weighted by Crippen LogP contribution is -2.08. The summed E-state index contributed by atoms with van der Waals surface area (Å²) in [5.74, 6) is -3.61. The fraction of sp³-hybridized carbons (Fsp3) is 0.200. The van der Waals surface area contributed by atoms with Crippen molar-refractivity contribution in [3.63, 3.8) is 0 Å². The van der Waals surface area contributed by atoms with Crippen LogP contribution in [0, 0.1) is 5.82 Å². The van der Waals surface area contributed by atoms with Gasteiger partial charge in [-0.3, -0.25) is 9.59 Å². The van der Waals surface area contributed by atoms with Gasteiger partial charge in [-0.1, -0.05) is 30.3 Å². The van der Waals surface area contributed by atoms with Crippen LogP contribution in [-0.2, 0) is 41.4 Å². The molecule has 37 heavy (non-hydrogen) atoms. The van der Waals surface area contributed by atoms with Crippen LogP contribution in [0.25, 0.3) is 0 Å². The van der Waals surface area contributed by atoms with Crippen molar-refractivity contribution in [2.24, 2.45) is 0 Å². The Morgan fingerprint density at radius 1 is 0.676 bits per heavy atom. The van der Waals surface area contributed by atoms with E-state index in [0.717, 1.165) is 23.8 Å². The first kappa shape index (κ1) is 29.1. The van der Waals surface area contributed by atoms with Crippen molar-refractivity contribution in [2.45, 2.75) is 31.8 Å². The maximum absolute atomic E-state index is 12.8. The van der Waals surface area contributed by atoms with E-state index in [4.69, 9.17) is 14.9 Å². The van der Waals surface area contributed by atoms with Crippen molar-refractivity contribution in [2.75, 3.05) is 0 Å². The zero-order chi connectivity index (χ0) is 27.8. The molecule has 0 fully saturated rings. The Labute approximate surface area is 205 Å². The summed E-state index contributed by atoms with van der Waals surface area (Å²) in [6, 6.07) is 13.7. The summed E-state index contributed by atoms with van der Waals surface area (Å²) >= 11 is 0. The molecule has 0 amide bonds. The second kappa shape index (κ2) is 12.2. The molecule has 0 aliphatic carbocycles. The molecule has 0 unspecified atom stereocenters. The zero-order valence-corrected chi connectivity index (χ0v) is 18.7. The number of carboxylic acid groups (broad SMARTS) is 2. The topological polar surface area (TPSA) is 83.8 Å². The molecule has 0 radical (unpaired) electrons. The van der Waals surface area contributed by atoms with Crippen LogP contribution in [0.4, 0.5) is 30.7 Å². The highest BCUT2D eigenvalue weighted by Gasteiger charge is 2.32. The number of rotatable bonds is 7. The first-order valence-electron chi connectivity index (χ1n) is 10.3. The normalized spacial score (nSPS) is 11.3. The van der Waals surface area contributed by atoms with Crippen molar-refractivity contribution < 1.29 is 55.3 Å². The average molecular weight is 532 g/mol. The smallest absolute Gasteiger partial charge is 0.416 e. The number of alkyl halides is 6. The number of aliphatic carboxylic acids is 2. The summed E-state index contributed by atoms with van der Waals surface area (Å²) in [6.45, 7) is 0.106. The molecule has 3 aromatic rings. The van der Waals surface area contributed by atoms with Gasteiger partial charge < -0.3 is 14.9 Å². The third-order valence-electron chi connectivity index (χ3n) is 4.54. The molecule has 0 saturated heterocycles. The van der Waals surface area contributed by atoms with Gasteiger partial charge in [0.2, 0.25) is 0 Å². The Balaban J connectivity index is 0.000000281. The molecule has 2 N–H and O–H groups in total. The Bertz CT molecular complexity index is 1220. The predicted molar refractivity (Wildman–Crippen MR) is 116 cm³/mol. The van der Waals surface area contributed by atoms with Crippen molar-refractivity contribution in [3.05, 3.63) is 100 Å². The van der Waals surface area contributed by atoms with E-state index in [1.165, 1.54) is 6.07 Å². The molecule has 5 nitrogen and oxygen atoms in total. The fourth-order valence-corrected chi connectivity index (χ4v) is 3.02.